The second kappa shape index (κ2) is 8.01. The number of hydrogen-bond donors (Lipinski definition) is 0. The molecule has 0 N–H and O–H groups in total. The van der Waals surface area contributed by atoms with Gasteiger partial charge in [-0.2, -0.15) is 10.5 Å². The molecule has 3 rings (SSSR count). The van der Waals surface area contributed by atoms with Crippen molar-refractivity contribution in [2.75, 3.05) is 6.54 Å². The molecular formula is C23H19N3. The van der Waals surface area contributed by atoms with Crippen LogP contribution in [0.2, 0.25) is 0 Å². The van der Waals surface area contributed by atoms with Crippen LogP contribution < -0.4 is 0 Å². The van der Waals surface area contributed by atoms with E-state index in [0.29, 0.717) is 5.70 Å². The number of hydrogen-bond acceptors (Lipinski definition) is 3. The van der Waals surface area contributed by atoms with E-state index in [1.165, 1.54) is 0 Å². The summed E-state index contributed by atoms with van der Waals surface area (Å²) in [5.74, 6) is 0. The summed E-state index contributed by atoms with van der Waals surface area (Å²) >= 11 is 0. The van der Waals surface area contributed by atoms with E-state index in [1.807, 2.05) is 54.6 Å². The van der Waals surface area contributed by atoms with Crippen LogP contribution >= 0.6 is 0 Å². The Labute approximate surface area is 154 Å². The minimum absolute atomic E-state index is 0.133. The Morgan fingerprint density at radius 2 is 1.42 bits per heavy atom. The first-order valence-electron chi connectivity index (χ1n) is 8.64. The Morgan fingerprint density at radius 3 is 1.96 bits per heavy atom. The fourth-order valence-corrected chi connectivity index (χ4v) is 3.08. The van der Waals surface area contributed by atoms with Gasteiger partial charge in [0.25, 0.3) is 0 Å². The van der Waals surface area contributed by atoms with Crippen LogP contribution in [0.25, 0.3) is 11.3 Å². The standard InChI is InChI=1S/C23H19N3/c1-2-13-26-22(19-11-7-4-8-12-19)14-20(18-9-5-3-6-10-18)15-23(26)21(16-24)17-25/h3-12,14-15H,2,13H2,1H3. The molecule has 1 aliphatic heterocycles. The van der Waals surface area contributed by atoms with Crippen molar-refractivity contribution in [1.82, 2.24) is 4.90 Å². The van der Waals surface area contributed by atoms with Crippen molar-refractivity contribution in [2.45, 2.75) is 13.3 Å². The van der Waals surface area contributed by atoms with Gasteiger partial charge < -0.3 is 4.90 Å². The van der Waals surface area contributed by atoms with Crippen LogP contribution in [0.3, 0.4) is 0 Å². The Hall–Kier alpha value is -3.56. The number of rotatable bonds is 4. The molecule has 0 unspecified atom stereocenters. The fourth-order valence-electron chi connectivity index (χ4n) is 3.08. The molecule has 1 aliphatic rings. The maximum absolute atomic E-state index is 9.47. The van der Waals surface area contributed by atoms with Crippen molar-refractivity contribution in [3.63, 3.8) is 0 Å². The molecule has 0 saturated heterocycles. The molecule has 3 heteroatoms. The normalized spacial score (nSPS) is 13.3. The van der Waals surface area contributed by atoms with E-state index in [9.17, 15) is 10.5 Å². The monoisotopic (exact) mass is 337 g/mol. The van der Waals surface area contributed by atoms with Gasteiger partial charge in [0.05, 0.1) is 5.70 Å². The number of nitriles is 2. The van der Waals surface area contributed by atoms with Crippen molar-refractivity contribution in [1.29, 1.82) is 10.5 Å². The molecule has 0 spiro atoms. The summed E-state index contributed by atoms with van der Waals surface area (Å²) in [4.78, 5) is 2.07. The van der Waals surface area contributed by atoms with Gasteiger partial charge in [-0.25, -0.2) is 0 Å². The van der Waals surface area contributed by atoms with Crippen molar-refractivity contribution in [2.24, 2.45) is 0 Å². The lowest BCUT2D eigenvalue weighted by Crippen LogP contribution is -2.25. The van der Waals surface area contributed by atoms with Crippen molar-refractivity contribution in [3.05, 3.63) is 95.2 Å². The first-order valence-corrected chi connectivity index (χ1v) is 8.64. The van der Waals surface area contributed by atoms with E-state index in [-0.39, 0.29) is 5.57 Å². The third-order valence-corrected chi connectivity index (χ3v) is 4.27. The Morgan fingerprint density at radius 1 is 0.846 bits per heavy atom. The summed E-state index contributed by atoms with van der Waals surface area (Å²) in [7, 11) is 0. The third-order valence-electron chi connectivity index (χ3n) is 4.27. The van der Waals surface area contributed by atoms with Gasteiger partial charge in [0.2, 0.25) is 0 Å². The zero-order chi connectivity index (χ0) is 18.4. The van der Waals surface area contributed by atoms with Crippen molar-refractivity contribution >= 4 is 11.3 Å². The Kier molecular flexibility index (Phi) is 5.32. The average molecular weight is 337 g/mol. The minimum Gasteiger partial charge on any atom is -0.339 e. The van der Waals surface area contributed by atoms with E-state index in [4.69, 9.17) is 0 Å². The summed E-state index contributed by atoms with van der Waals surface area (Å²) < 4.78 is 0. The molecule has 2 aromatic carbocycles. The molecular weight excluding hydrogens is 318 g/mol. The summed E-state index contributed by atoms with van der Waals surface area (Å²) in [6.07, 6.45) is 4.99. The number of benzene rings is 2. The minimum atomic E-state index is 0.133. The second-order valence-corrected chi connectivity index (χ2v) is 6.00. The van der Waals surface area contributed by atoms with E-state index in [2.05, 4.69) is 42.2 Å². The number of nitrogens with zero attached hydrogens (tertiary/aromatic N) is 3. The third kappa shape index (κ3) is 3.43. The van der Waals surface area contributed by atoms with Gasteiger partial charge in [-0.15, -0.1) is 0 Å². The summed E-state index contributed by atoms with van der Waals surface area (Å²) in [5, 5.41) is 18.9. The second-order valence-electron chi connectivity index (χ2n) is 6.00. The molecule has 0 radical (unpaired) electrons. The highest BCUT2D eigenvalue weighted by Gasteiger charge is 2.23. The van der Waals surface area contributed by atoms with Crippen LogP contribution in [0, 0.1) is 22.7 Å². The van der Waals surface area contributed by atoms with Crippen molar-refractivity contribution in [3.8, 4) is 12.1 Å². The number of allylic oxidation sites excluding steroid dienone is 4. The van der Waals surface area contributed by atoms with E-state index < -0.39 is 0 Å². The van der Waals surface area contributed by atoms with Crippen molar-refractivity contribution < 1.29 is 0 Å². The van der Waals surface area contributed by atoms with Crippen LogP contribution in [0.5, 0.6) is 0 Å². The molecule has 0 amide bonds. The zero-order valence-corrected chi connectivity index (χ0v) is 14.7. The summed E-state index contributed by atoms with van der Waals surface area (Å²) in [6.45, 7) is 2.83. The molecule has 0 bridgehead atoms. The lowest BCUT2D eigenvalue weighted by molar-refractivity contribution is 0.494. The van der Waals surface area contributed by atoms with Crippen LogP contribution in [-0.4, -0.2) is 11.4 Å². The molecule has 26 heavy (non-hydrogen) atoms. The Bertz CT molecular complexity index is 936. The SMILES string of the molecule is CCCN1C(c2ccccc2)=CC(c2ccccc2)=CC1=C(C#N)C#N. The molecule has 126 valence electrons. The lowest BCUT2D eigenvalue weighted by Gasteiger charge is -2.32. The predicted molar refractivity (Wildman–Crippen MR) is 104 cm³/mol. The smallest absolute Gasteiger partial charge is 0.153 e. The van der Waals surface area contributed by atoms with Gasteiger partial charge in [-0.3, -0.25) is 0 Å². The van der Waals surface area contributed by atoms with E-state index in [0.717, 1.165) is 35.4 Å². The van der Waals surface area contributed by atoms with Gasteiger partial charge in [0.1, 0.15) is 12.1 Å². The van der Waals surface area contributed by atoms with Crippen LogP contribution in [0.4, 0.5) is 0 Å². The van der Waals surface area contributed by atoms with Gasteiger partial charge >= 0.3 is 0 Å². The van der Waals surface area contributed by atoms with Gasteiger partial charge in [0, 0.05) is 12.2 Å². The molecule has 0 fully saturated rings. The molecule has 2 aromatic rings. The van der Waals surface area contributed by atoms with E-state index >= 15 is 0 Å². The lowest BCUT2D eigenvalue weighted by atomic mass is 9.95. The van der Waals surface area contributed by atoms with Crippen LogP contribution in [0.15, 0.2) is 84.1 Å². The molecule has 0 aliphatic carbocycles. The predicted octanol–water partition coefficient (Wildman–Crippen LogP) is 5.14. The molecule has 3 nitrogen and oxygen atoms in total. The summed E-state index contributed by atoms with van der Waals surface area (Å²) in [6, 6.07) is 24.2. The fraction of sp³-hybridized carbons (Fsp3) is 0.130. The maximum atomic E-state index is 9.47. The van der Waals surface area contributed by atoms with Crippen LogP contribution in [0.1, 0.15) is 24.5 Å². The first-order chi connectivity index (χ1) is 12.8. The highest BCUT2D eigenvalue weighted by atomic mass is 15.2. The first kappa shape index (κ1) is 17.3. The zero-order valence-electron chi connectivity index (χ0n) is 14.7. The highest BCUT2D eigenvalue weighted by Crippen LogP contribution is 2.35. The topological polar surface area (TPSA) is 50.8 Å². The largest absolute Gasteiger partial charge is 0.339 e. The summed E-state index contributed by atoms with van der Waals surface area (Å²) in [5.41, 5.74) is 4.92. The van der Waals surface area contributed by atoms with E-state index in [1.54, 1.807) is 0 Å². The molecule has 0 saturated carbocycles. The van der Waals surface area contributed by atoms with Gasteiger partial charge in [0.15, 0.2) is 5.57 Å². The average Bonchev–Trinajstić information content (AvgIpc) is 2.71. The molecule has 0 atom stereocenters. The maximum Gasteiger partial charge on any atom is 0.153 e. The quantitative estimate of drug-likeness (QED) is 0.726. The van der Waals surface area contributed by atoms with Crippen LogP contribution in [-0.2, 0) is 0 Å². The van der Waals surface area contributed by atoms with Gasteiger partial charge in [-0.1, -0.05) is 67.6 Å². The Balaban J connectivity index is 2.24. The van der Waals surface area contributed by atoms with Gasteiger partial charge in [-0.05, 0) is 35.3 Å². The molecule has 0 aromatic heterocycles. The molecule has 1 heterocycles. The highest BCUT2D eigenvalue weighted by molar-refractivity contribution is 5.88.